The maximum Gasteiger partial charge on any atom is 0.277 e. The molecule has 2 aromatic carbocycles. The summed E-state index contributed by atoms with van der Waals surface area (Å²) in [5, 5.41) is 12.3. The topological polar surface area (TPSA) is 99.4 Å². The predicted octanol–water partition coefficient (Wildman–Crippen LogP) is 4.21. The number of aromatic nitrogens is 3. The fraction of sp³-hybridized carbons (Fsp3) is 0.238. The van der Waals surface area contributed by atoms with Gasteiger partial charge in [-0.15, -0.1) is 21.5 Å². The number of aryl methyl sites for hydroxylation is 2. The number of ether oxygens (including phenoxy) is 2. The number of hydrogen-bond acceptors (Lipinski definition) is 9. The summed E-state index contributed by atoms with van der Waals surface area (Å²) in [5.74, 6) is 1.61. The third kappa shape index (κ3) is 5.33. The monoisotopic (exact) mass is 456 g/mol. The van der Waals surface area contributed by atoms with Crippen LogP contribution in [-0.4, -0.2) is 41.1 Å². The Morgan fingerprint density at radius 3 is 2.81 bits per heavy atom. The van der Waals surface area contributed by atoms with Gasteiger partial charge in [0.1, 0.15) is 11.5 Å². The number of thioether (sulfide) groups is 1. The van der Waals surface area contributed by atoms with Crippen LogP contribution >= 0.6 is 23.1 Å². The standard InChI is InChI=1S/C21H20N4O4S2/c1-27-13-7-8-16(28-2)15(11-13)22-18(26)12-30-21-25-24-19(29-21)9-10-20-23-14-5-3-4-6-17(14)31-20/h3-8,11H,9-10,12H2,1-2H3,(H,22,26). The highest BCUT2D eigenvalue weighted by atomic mass is 32.2. The van der Waals surface area contributed by atoms with Gasteiger partial charge in [0.2, 0.25) is 11.8 Å². The number of anilines is 1. The zero-order valence-corrected chi connectivity index (χ0v) is 18.6. The van der Waals surface area contributed by atoms with Gasteiger partial charge in [-0.05, 0) is 24.3 Å². The maximum atomic E-state index is 12.3. The molecule has 2 aromatic heterocycles. The summed E-state index contributed by atoms with van der Waals surface area (Å²) < 4.78 is 17.3. The van der Waals surface area contributed by atoms with Crippen molar-refractivity contribution in [1.29, 1.82) is 0 Å². The van der Waals surface area contributed by atoms with E-state index in [1.54, 1.807) is 43.8 Å². The zero-order chi connectivity index (χ0) is 21.6. The molecule has 0 bridgehead atoms. The predicted molar refractivity (Wildman–Crippen MR) is 120 cm³/mol. The summed E-state index contributed by atoms with van der Waals surface area (Å²) in [4.78, 5) is 16.9. The first kappa shape index (κ1) is 21.1. The normalized spacial score (nSPS) is 10.9. The molecule has 4 aromatic rings. The van der Waals surface area contributed by atoms with E-state index in [-0.39, 0.29) is 11.7 Å². The second kappa shape index (κ2) is 9.80. The molecular weight excluding hydrogens is 436 g/mol. The highest BCUT2D eigenvalue weighted by Gasteiger charge is 2.13. The van der Waals surface area contributed by atoms with Gasteiger partial charge >= 0.3 is 0 Å². The summed E-state index contributed by atoms with van der Waals surface area (Å²) in [6.45, 7) is 0. The van der Waals surface area contributed by atoms with Crippen LogP contribution in [0.3, 0.4) is 0 Å². The minimum absolute atomic E-state index is 0.125. The van der Waals surface area contributed by atoms with Crippen molar-refractivity contribution in [3.05, 3.63) is 53.4 Å². The number of amides is 1. The minimum Gasteiger partial charge on any atom is -0.497 e. The molecule has 0 fully saturated rings. The molecule has 0 aliphatic rings. The van der Waals surface area contributed by atoms with Crippen LogP contribution in [0.2, 0.25) is 0 Å². The van der Waals surface area contributed by atoms with Crippen molar-refractivity contribution >= 4 is 44.9 Å². The lowest BCUT2D eigenvalue weighted by Gasteiger charge is -2.11. The fourth-order valence-electron chi connectivity index (χ4n) is 2.86. The third-order valence-electron chi connectivity index (χ3n) is 4.35. The van der Waals surface area contributed by atoms with Gasteiger partial charge in [0.05, 0.1) is 40.9 Å². The van der Waals surface area contributed by atoms with Gasteiger partial charge in [0.15, 0.2) is 0 Å². The molecular formula is C21H20N4O4S2. The molecule has 0 spiro atoms. The Balaban J connectivity index is 1.29. The summed E-state index contributed by atoms with van der Waals surface area (Å²) in [7, 11) is 3.10. The number of nitrogens with one attached hydrogen (secondary N) is 1. The van der Waals surface area contributed by atoms with Gasteiger partial charge in [-0.1, -0.05) is 23.9 Å². The number of nitrogens with zero attached hydrogens (tertiary/aromatic N) is 3. The van der Waals surface area contributed by atoms with Gasteiger partial charge < -0.3 is 19.2 Å². The second-order valence-electron chi connectivity index (χ2n) is 6.44. The highest BCUT2D eigenvalue weighted by Crippen LogP contribution is 2.29. The summed E-state index contributed by atoms with van der Waals surface area (Å²) >= 11 is 2.85. The average Bonchev–Trinajstić information content (AvgIpc) is 3.42. The van der Waals surface area contributed by atoms with Crippen LogP contribution in [0.25, 0.3) is 10.2 Å². The van der Waals surface area contributed by atoms with E-state index in [1.807, 2.05) is 18.2 Å². The van der Waals surface area contributed by atoms with E-state index in [4.69, 9.17) is 13.9 Å². The number of rotatable bonds is 9. The lowest BCUT2D eigenvalue weighted by atomic mass is 10.2. The minimum atomic E-state index is -0.217. The first-order valence-corrected chi connectivity index (χ1v) is 11.3. The number of hydrogen-bond donors (Lipinski definition) is 1. The van der Waals surface area contributed by atoms with Crippen LogP contribution in [0.1, 0.15) is 10.9 Å². The Hall–Kier alpha value is -3.11. The zero-order valence-electron chi connectivity index (χ0n) is 17.0. The number of para-hydroxylation sites is 1. The van der Waals surface area contributed by atoms with E-state index in [0.29, 0.717) is 34.7 Å². The first-order chi connectivity index (χ1) is 15.1. The van der Waals surface area contributed by atoms with Gasteiger partial charge in [-0.3, -0.25) is 4.79 Å². The first-order valence-electron chi connectivity index (χ1n) is 9.46. The van der Waals surface area contributed by atoms with Gasteiger partial charge in [0, 0.05) is 18.9 Å². The second-order valence-corrected chi connectivity index (χ2v) is 8.48. The lowest BCUT2D eigenvalue weighted by Crippen LogP contribution is -2.14. The van der Waals surface area contributed by atoms with Gasteiger partial charge in [0.25, 0.3) is 5.22 Å². The van der Waals surface area contributed by atoms with E-state index < -0.39 is 0 Å². The Labute approximate surface area is 187 Å². The molecule has 2 heterocycles. The Morgan fingerprint density at radius 1 is 1.13 bits per heavy atom. The van der Waals surface area contributed by atoms with Crippen molar-refractivity contribution in [2.24, 2.45) is 0 Å². The molecule has 0 unspecified atom stereocenters. The molecule has 0 atom stereocenters. The molecule has 31 heavy (non-hydrogen) atoms. The quantitative estimate of drug-likeness (QED) is 0.374. The van der Waals surface area contributed by atoms with E-state index in [0.717, 1.165) is 21.6 Å². The smallest absolute Gasteiger partial charge is 0.277 e. The van der Waals surface area contributed by atoms with Crippen molar-refractivity contribution in [2.75, 3.05) is 25.3 Å². The highest BCUT2D eigenvalue weighted by molar-refractivity contribution is 7.99. The molecule has 8 nitrogen and oxygen atoms in total. The summed E-state index contributed by atoms with van der Waals surface area (Å²) in [5.41, 5.74) is 1.54. The number of thiazole rings is 1. The number of benzene rings is 2. The van der Waals surface area contributed by atoms with Crippen LogP contribution < -0.4 is 14.8 Å². The molecule has 1 N–H and O–H groups in total. The van der Waals surface area contributed by atoms with Crippen molar-refractivity contribution in [3.63, 3.8) is 0 Å². The SMILES string of the molecule is COc1ccc(OC)c(NC(=O)CSc2nnc(CCc3nc4ccccc4s3)o2)c1. The number of fused-ring (bicyclic) bond motifs is 1. The van der Waals surface area contributed by atoms with Crippen molar-refractivity contribution in [1.82, 2.24) is 15.2 Å². The molecule has 0 aliphatic carbocycles. The summed E-state index contributed by atoms with van der Waals surface area (Å²) in [6, 6.07) is 13.2. The number of carbonyl (C=O) groups excluding carboxylic acids is 1. The van der Waals surface area contributed by atoms with Gasteiger partial charge in [-0.2, -0.15) is 0 Å². The molecule has 4 rings (SSSR count). The van der Waals surface area contributed by atoms with Crippen LogP contribution in [0.15, 0.2) is 52.1 Å². The Morgan fingerprint density at radius 2 is 2.00 bits per heavy atom. The van der Waals surface area contributed by atoms with Crippen molar-refractivity contribution in [3.8, 4) is 11.5 Å². The van der Waals surface area contributed by atoms with Crippen LogP contribution in [0, 0.1) is 0 Å². The summed E-state index contributed by atoms with van der Waals surface area (Å²) in [6.07, 6.45) is 1.32. The molecule has 160 valence electrons. The number of carbonyl (C=O) groups is 1. The molecule has 10 heteroatoms. The van der Waals surface area contributed by atoms with Crippen LogP contribution in [0.5, 0.6) is 11.5 Å². The van der Waals surface area contributed by atoms with Crippen LogP contribution in [0.4, 0.5) is 5.69 Å². The molecule has 0 saturated heterocycles. The molecule has 1 amide bonds. The maximum absolute atomic E-state index is 12.3. The van der Waals surface area contributed by atoms with Crippen LogP contribution in [-0.2, 0) is 17.6 Å². The lowest BCUT2D eigenvalue weighted by molar-refractivity contribution is -0.113. The third-order valence-corrected chi connectivity index (χ3v) is 6.26. The molecule has 0 aliphatic heterocycles. The van der Waals surface area contributed by atoms with Crippen molar-refractivity contribution in [2.45, 2.75) is 18.1 Å². The fourth-order valence-corrected chi connectivity index (χ4v) is 4.41. The molecule has 0 saturated carbocycles. The average molecular weight is 457 g/mol. The number of methoxy groups -OCH3 is 2. The van der Waals surface area contributed by atoms with E-state index in [9.17, 15) is 4.79 Å². The van der Waals surface area contributed by atoms with E-state index >= 15 is 0 Å². The van der Waals surface area contributed by atoms with E-state index in [1.165, 1.54) is 11.8 Å². The Bertz CT molecular complexity index is 1160. The van der Waals surface area contributed by atoms with E-state index in [2.05, 4.69) is 26.6 Å². The van der Waals surface area contributed by atoms with Crippen molar-refractivity contribution < 1.29 is 18.7 Å². The molecule has 0 radical (unpaired) electrons. The largest absolute Gasteiger partial charge is 0.497 e. The Kier molecular flexibility index (Phi) is 6.68. The van der Waals surface area contributed by atoms with Gasteiger partial charge in [-0.25, -0.2) is 4.98 Å².